The summed E-state index contributed by atoms with van der Waals surface area (Å²) in [6, 6.07) is 0. The molecule has 15 heavy (non-hydrogen) atoms. The Hall–Kier alpha value is 0.235. The van der Waals surface area contributed by atoms with Crippen LogP contribution in [0.5, 0.6) is 0 Å². The van der Waals surface area contributed by atoms with Gasteiger partial charge in [0, 0.05) is 0 Å². The molecule has 0 aliphatic carbocycles. The Morgan fingerprint density at radius 2 is 1.47 bits per heavy atom. The Morgan fingerprint density at radius 3 is 1.80 bits per heavy atom. The SMILES string of the molecule is C[p+]1bbbc(C(C)(C)C)c1C(C)(C)C. The predicted molar refractivity (Wildman–Crippen MR) is 76.0 cm³/mol. The maximum absolute atomic E-state index is 2.37. The standard InChI is InChI=1S/C11H21B3P/c1-10(2,3)8-9(11(4,5)6)15(7)14-13-12-8/h1-7H3/q+1. The Morgan fingerprint density at radius 1 is 0.933 bits per heavy atom. The Kier molecular flexibility index (Phi) is 3.76. The summed E-state index contributed by atoms with van der Waals surface area (Å²) in [6.45, 7) is 23.2. The van der Waals surface area contributed by atoms with Crippen molar-refractivity contribution in [3.8, 4) is 0 Å². The van der Waals surface area contributed by atoms with Crippen molar-refractivity contribution in [2.24, 2.45) is 6.66 Å². The minimum atomic E-state index is -0.0789. The summed E-state index contributed by atoms with van der Waals surface area (Å²) in [5, 5.41) is 1.66. The molecule has 0 nitrogen and oxygen atoms in total. The van der Waals surface area contributed by atoms with Crippen LogP contribution in [0.4, 0.5) is 0 Å². The van der Waals surface area contributed by atoms with Crippen molar-refractivity contribution in [1.29, 1.82) is 0 Å². The molecule has 0 amide bonds. The Balaban J connectivity index is 3.48. The van der Waals surface area contributed by atoms with Gasteiger partial charge < -0.3 is 0 Å². The van der Waals surface area contributed by atoms with E-state index in [1.807, 2.05) is 0 Å². The Bertz CT molecular complexity index is 361. The fourth-order valence-corrected chi connectivity index (χ4v) is 4.49. The summed E-state index contributed by atoms with van der Waals surface area (Å²) >= 11 is 0. The summed E-state index contributed by atoms with van der Waals surface area (Å²) in [7, 11) is -0.0789. The molecule has 1 heterocycles. The second-order valence-corrected chi connectivity index (χ2v) is 8.35. The van der Waals surface area contributed by atoms with Gasteiger partial charge in [-0.15, -0.1) is 0 Å². The first-order valence-electron chi connectivity index (χ1n) is 5.63. The van der Waals surface area contributed by atoms with Gasteiger partial charge in [-0.1, -0.05) is 0 Å². The third-order valence-corrected chi connectivity index (χ3v) is 4.94. The van der Waals surface area contributed by atoms with E-state index in [1.54, 1.807) is 10.8 Å². The topological polar surface area (TPSA) is 0 Å². The molecule has 0 aromatic carbocycles. The number of aryl methyl sites for hydroxylation is 1. The van der Waals surface area contributed by atoms with Crippen LogP contribution in [0.25, 0.3) is 0 Å². The van der Waals surface area contributed by atoms with Gasteiger partial charge in [-0.05, 0) is 0 Å². The van der Waals surface area contributed by atoms with E-state index in [1.165, 1.54) is 0 Å². The monoisotopic (exact) mass is 217 g/mol. The van der Waals surface area contributed by atoms with Crippen LogP contribution in [-0.2, 0) is 17.5 Å². The second kappa shape index (κ2) is 4.25. The molecule has 0 N–H and O–H groups in total. The molecule has 1 aromatic heterocycles. The molecule has 0 spiro atoms. The van der Waals surface area contributed by atoms with Crippen molar-refractivity contribution in [3.05, 3.63) is 10.8 Å². The molecule has 0 radical (unpaired) electrons. The van der Waals surface area contributed by atoms with Crippen LogP contribution in [0.1, 0.15) is 52.3 Å². The van der Waals surface area contributed by atoms with Crippen molar-refractivity contribution in [2.45, 2.75) is 52.4 Å². The third-order valence-electron chi connectivity index (χ3n) is 2.70. The average molecular weight is 217 g/mol. The van der Waals surface area contributed by atoms with Crippen LogP contribution in [0.2, 0.25) is 0 Å². The van der Waals surface area contributed by atoms with E-state index in [2.05, 4.69) is 68.2 Å². The summed E-state index contributed by atoms with van der Waals surface area (Å²) in [5.41, 5.74) is 2.11. The van der Waals surface area contributed by atoms with Gasteiger partial charge in [0.15, 0.2) is 0 Å². The van der Waals surface area contributed by atoms with Crippen LogP contribution in [0.15, 0.2) is 0 Å². The zero-order valence-corrected chi connectivity index (χ0v) is 12.1. The van der Waals surface area contributed by atoms with Crippen LogP contribution >= 0.6 is 7.41 Å². The number of hydrogen-bond acceptors (Lipinski definition) is 0. The normalized spacial score (nSPS) is 13.4. The molecule has 1 atom stereocenters. The van der Waals surface area contributed by atoms with Gasteiger partial charge in [-0.3, -0.25) is 0 Å². The molecule has 1 rings (SSSR count). The summed E-state index contributed by atoms with van der Waals surface area (Å²) < 4.78 is 0. The summed E-state index contributed by atoms with van der Waals surface area (Å²) in [4.78, 5) is 0. The molecule has 0 saturated carbocycles. The quantitative estimate of drug-likeness (QED) is 0.625. The van der Waals surface area contributed by atoms with Crippen molar-refractivity contribution < 1.29 is 0 Å². The van der Waals surface area contributed by atoms with Gasteiger partial charge in [-0.2, -0.15) is 0 Å². The molecular formula is C11H21B3P+. The van der Waals surface area contributed by atoms with Crippen molar-refractivity contribution >= 4 is 27.4 Å². The molecule has 0 saturated heterocycles. The van der Waals surface area contributed by atoms with E-state index < -0.39 is 0 Å². The third kappa shape index (κ3) is 3.10. The van der Waals surface area contributed by atoms with Crippen LogP contribution < -0.4 is 0 Å². The van der Waals surface area contributed by atoms with Crippen LogP contribution in [0, 0.1) is 0 Å². The molecule has 78 valence electrons. The summed E-state index contributed by atoms with van der Waals surface area (Å²) in [6.07, 6.45) is 0. The van der Waals surface area contributed by atoms with Gasteiger partial charge in [0.05, 0.1) is 0 Å². The second-order valence-electron chi connectivity index (χ2n) is 6.38. The molecule has 0 fully saturated rings. The van der Waals surface area contributed by atoms with Crippen molar-refractivity contribution in [1.82, 2.24) is 0 Å². The van der Waals surface area contributed by atoms with E-state index in [0.29, 0.717) is 5.41 Å². The van der Waals surface area contributed by atoms with E-state index in [0.717, 1.165) is 0 Å². The van der Waals surface area contributed by atoms with E-state index in [-0.39, 0.29) is 12.8 Å². The summed E-state index contributed by atoms with van der Waals surface area (Å²) in [5.74, 6) is 0. The van der Waals surface area contributed by atoms with E-state index in [9.17, 15) is 0 Å². The maximum atomic E-state index is 2.37. The zero-order valence-electron chi connectivity index (χ0n) is 11.2. The van der Waals surface area contributed by atoms with E-state index in [4.69, 9.17) is 0 Å². The fraction of sp³-hybridized carbons (Fsp3) is 0.818. The van der Waals surface area contributed by atoms with Gasteiger partial charge in [-0.25, -0.2) is 0 Å². The van der Waals surface area contributed by atoms with Crippen molar-refractivity contribution in [2.75, 3.05) is 0 Å². The first-order valence-corrected chi connectivity index (χ1v) is 7.49. The van der Waals surface area contributed by atoms with Crippen molar-refractivity contribution in [3.63, 3.8) is 0 Å². The minimum absolute atomic E-state index is 0.0789. The first kappa shape index (κ1) is 13.3. The van der Waals surface area contributed by atoms with Crippen LogP contribution in [0.3, 0.4) is 0 Å². The molecule has 1 unspecified atom stereocenters. The van der Waals surface area contributed by atoms with Gasteiger partial charge >= 0.3 is 97.2 Å². The van der Waals surface area contributed by atoms with Gasteiger partial charge in [0.1, 0.15) is 0 Å². The predicted octanol–water partition coefficient (Wildman–Crippen LogP) is 3.10. The molecule has 0 aliphatic heterocycles. The molecule has 0 aliphatic rings. The zero-order chi connectivity index (χ0) is 11.9. The molecule has 1 aromatic rings. The number of hydrogen-bond donors (Lipinski definition) is 0. The fourth-order valence-electron chi connectivity index (χ4n) is 2.15. The molecular weight excluding hydrogens is 196 g/mol. The number of rotatable bonds is 0. The Labute approximate surface area is 97.5 Å². The molecule has 0 bridgehead atoms. The van der Waals surface area contributed by atoms with Crippen LogP contribution in [-0.4, -0.2) is 20.0 Å². The van der Waals surface area contributed by atoms with Gasteiger partial charge in [0.25, 0.3) is 0 Å². The average Bonchev–Trinajstić information content (AvgIpc) is 1.99. The van der Waals surface area contributed by atoms with Gasteiger partial charge in [0.2, 0.25) is 0 Å². The first-order chi connectivity index (χ1) is 6.64. The molecule has 4 heteroatoms. The van der Waals surface area contributed by atoms with E-state index >= 15 is 0 Å².